The molecule has 7 nitrogen and oxygen atoms in total. The third kappa shape index (κ3) is 2.58. The molecule has 22 heavy (non-hydrogen) atoms. The zero-order chi connectivity index (χ0) is 15.9. The SMILES string of the molecule is O=C(I)Nc1cccc2c1C(=O)N(C1CCC(=O)NC1=O)C2. The van der Waals surface area contributed by atoms with Gasteiger partial charge in [0.15, 0.2) is 0 Å². The summed E-state index contributed by atoms with van der Waals surface area (Å²) < 4.78 is -0.293. The highest BCUT2D eigenvalue weighted by atomic mass is 127. The van der Waals surface area contributed by atoms with E-state index in [1.54, 1.807) is 40.8 Å². The van der Waals surface area contributed by atoms with Gasteiger partial charge in [-0.05, 0) is 18.1 Å². The van der Waals surface area contributed by atoms with Gasteiger partial charge >= 0.3 is 0 Å². The first-order chi connectivity index (χ1) is 10.5. The molecule has 0 bridgehead atoms. The number of nitrogens with one attached hydrogen (secondary N) is 2. The molecule has 3 rings (SSSR count). The first kappa shape index (κ1) is 14.9. The summed E-state index contributed by atoms with van der Waals surface area (Å²) in [5.41, 5.74) is 1.62. The van der Waals surface area contributed by atoms with Crippen LogP contribution in [0, 0.1) is 0 Å². The Bertz CT molecular complexity index is 703. The van der Waals surface area contributed by atoms with Crippen molar-refractivity contribution in [3.63, 3.8) is 0 Å². The molecule has 1 aromatic carbocycles. The van der Waals surface area contributed by atoms with Crippen LogP contribution in [0.5, 0.6) is 0 Å². The van der Waals surface area contributed by atoms with Crippen molar-refractivity contribution in [2.75, 3.05) is 5.32 Å². The van der Waals surface area contributed by atoms with E-state index in [-0.39, 0.29) is 22.1 Å². The number of benzene rings is 1. The van der Waals surface area contributed by atoms with Gasteiger partial charge in [-0.15, -0.1) is 0 Å². The number of carbonyl (C=O) groups is 4. The Morgan fingerprint density at radius 2 is 2.09 bits per heavy atom. The number of piperidine rings is 1. The molecule has 0 aromatic heterocycles. The van der Waals surface area contributed by atoms with Crippen molar-refractivity contribution in [3.05, 3.63) is 29.3 Å². The van der Waals surface area contributed by atoms with E-state index >= 15 is 0 Å². The highest BCUT2D eigenvalue weighted by molar-refractivity contribution is 14.1. The van der Waals surface area contributed by atoms with Gasteiger partial charge in [0, 0.05) is 35.6 Å². The van der Waals surface area contributed by atoms with Gasteiger partial charge in [-0.2, -0.15) is 0 Å². The van der Waals surface area contributed by atoms with Crippen LogP contribution < -0.4 is 10.6 Å². The van der Waals surface area contributed by atoms with E-state index in [0.29, 0.717) is 24.2 Å². The number of amides is 4. The fourth-order valence-corrected chi connectivity index (χ4v) is 3.12. The van der Waals surface area contributed by atoms with Gasteiger partial charge in [0.1, 0.15) is 6.04 Å². The lowest BCUT2D eigenvalue weighted by molar-refractivity contribution is -0.136. The van der Waals surface area contributed by atoms with Crippen LogP contribution in [0.1, 0.15) is 28.8 Å². The number of hydrogen-bond acceptors (Lipinski definition) is 4. The number of rotatable bonds is 2. The summed E-state index contributed by atoms with van der Waals surface area (Å²) >= 11 is 1.60. The van der Waals surface area contributed by atoms with Crippen LogP contribution in [0.3, 0.4) is 0 Å². The van der Waals surface area contributed by atoms with Crippen molar-refractivity contribution < 1.29 is 19.2 Å². The molecule has 0 spiro atoms. The minimum Gasteiger partial charge on any atom is -0.322 e. The average molecular weight is 413 g/mol. The summed E-state index contributed by atoms with van der Waals surface area (Å²) in [5.74, 6) is -1.06. The van der Waals surface area contributed by atoms with Gasteiger partial charge in [-0.1, -0.05) is 12.1 Å². The minimum atomic E-state index is -0.652. The number of hydrogen-bond donors (Lipinski definition) is 2. The number of halogens is 1. The van der Waals surface area contributed by atoms with Crippen molar-refractivity contribution >= 4 is 49.9 Å². The van der Waals surface area contributed by atoms with E-state index in [1.807, 2.05) is 0 Å². The van der Waals surface area contributed by atoms with Crippen LogP contribution in [0.4, 0.5) is 10.5 Å². The molecule has 1 unspecified atom stereocenters. The summed E-state index contributed by atoms with van der Waals surface area (Å²) in [5, 5.41) is 4.88. The smallest absolute Gasteiger partial charge is 0.285 e. The summed E-state index contributed by atoms with van der Waals surface area (Å²) in [6.07, 6.45) is 0.534. The van der Waals surface area contributed by atoms with Gasteiger partial charge in [0.2, 0.25) is 11.8 Å². The summed E-state index contributed by atoms with van der Waals surface area (Å²) in [6.45, 7) is 0.297. The molecular formula is C14H12IN3O4. The van der Waals surface area contributed by atoms with E-state index in [4.69, 9.17) is 0 Å². The molecule has 0 radical (unpaired) electrons. The number of anilines is 1. The zero-order valence-corrected chi connectivity index (χ0v) is 13.5. The lowest BCUT2D eigenvalue weighted by Gasteiger charge is -2.29. The monoisotopic (exact) mass is 413 g/mol. The van der Waals surface area contributed by atoms with Crippen LogP contribution in [0.2, 0.25) is 0 Å². The van der Waals surface area contributed by atoms with Crippen LogP contribution in [-0.2, 0) is 16.1 Å². The lowest BCUT2D eigenvalue weighted by atomic mass is 10.0. The van der Waals surface area contributed by atoms with Crippen LogP contribution in [-0.4, -0.2) is 32.6 Å². The quantitative estimate of drug-likeness (QED) is 0.332. The molecule has 1 fully saturated rings. The standard InChI is InChI=1S/C14H12IN3O4/c15-14(22)16-8-3-1-2-7-6-18(13(21)11(7)8)9-4-5-10(19)17-12(9)20/h1-3,9H,4-6H2,(H,16,22)(H,17,19,20). The van der Waals surface area contributed by atoms with Crippen molar-refractivity contribution in [3.8, 4) is 0 Å². The van der Waals surface area contributed by atoms with E-state index in [0.717, 1.165) is 5.56 Å². The lowest BCUT2D eigenvalue weighted by Crippen LogP contribution is -2.52. The second-order valence-corrected chi connectivity index (χ2v) is 6.12. The Morgan fingerprint density at radius 3 is 2.77 bits per heavy atom. The van der Waals surface area contributed by atoms with E-state index in [2.05, 4.69) is 10.6 Å². The van der Waals surface area contributed by atoms with Gasteiger partial charge in [-0.25, -0.2) is 0 Å². The first-order valence-corrected chi connectivity index (χ1v) is 7.78. The summed E-state index contributed by atoms with van der Waals surface area (Å²) in [4.78, 5) is 48.5. The summed E-state index contributed by atoms with van der Waals surface area (Å²) in [7, 11) is 0. The fourth-order valence-electron chi connectivity index (χ4n) is 2.82. The molecule has 114 valence electrons. The third-order valence-electron chi connectivity index (χ3n) is 3.79. The molecule has 4 amide bonds. The molecule has 8 heteroatoms. The maximum Gasteiger partial charge on any atom is 0.285 e. The van der Waals surface area contributed by atoms with Crippen LogP contribution in [0.15, 0.2) is 18.2 Å². The highest BCUT2D eigenvalue weighted by Crippen LogP contribution is 2.32. The zero-order valence-electron chi connectivity index (χ0n) is 11.4. The van der Waals surface area contributed by atoms with Crippen LogP contribution >= 0.6 is 22.6 Å². The van der Waals surface area contributed by atoms with E-state index in [9.17, 15) is 19.2 Å². The molecule has 1 aromatic rings. The largest absolute Gasteiger partial charge is 0.322 e. The van der Waals surface area contributed by atoms with Crippen LogP contribution in [0.25, 0.3) is 0 Å². The minimum absolute atomic E-state index is 0.216. The second-order valence-electron chi connectivity index (χ2n) is 5.14. The van der Waals surface area contributed by atoms with E-state index in [1.165, 1.54) is 4.90 Å². The second kappa shape index (κ2) is 5.67. The Hall–Kier alpha value is -1.97. The Kier molecular flexibility index (Phi) is 3.85. The highest BCUT2D eigenvalue weighted by Gasteiger charge is 2.40. The predicted octanol–water partition coefficient (Wildman–Crippen LogP) is 1.41. The Labute approximate surface area is 139 Å². The van der Waals surface area contributed by atoms with Gasteiger partial charge in [0.25, 0.3) is 9.82 Å². The average Bonchev–Trinajstić information content (AvgIpc) is 2.76. The van der Waals surface area contributed by atoms with Gasteiger partial charge in [-0.3, -0.25) is 24.5 Å². The molecule has 2 N–H and O–H groups in total. The van der Waals surface area contributed by atoms with Crippen molar-refractivity contribution in [1.82, 2.24) is 10.2 Å². The fraction of sp³-hybridized carbons (Fsp3) is 0.286. The van der Waals surface area contributed by atoms with Crippen molar-refractivity contribution in [2.45, 2.75) is 25.4 Å². The first-order valence-electron chi connectivity index (χ1n) is 6.70. The topological polar surface area (TPSA) is 95.6 Å². The molecule has 2 heterocycles. The molecule has 0 saturated carbocycles. The molecule has 0 aliphatic carbocycles. The van der Waals surface area contributed by atoms with Gasteiger partial charge in [0.05, 0.1) is 11.3 Å². The Balaban J connectivity index is 1.90. The maximum atomic E-state index is 12.6. The number of fused-ring (bicyclic) bond motifs is 1. The normalized spacial score (nSPS) is 20.7. The van der Waals surface area contributed by atoms with Crippen molar-refractivity contribution in [1.29, 1.82) is 0 Å². The predicted molar refractivity (Wildman–Crippen MR) is 85.5 cm³/mol. The number of imide groups is 1. The third-order valence-corrected chi connectivity index (χ3v) is 4.06. The maximum absolute atomic E-state index is 12.6. The molecule has 2 aliphatic heterocycles. The number of carbonyl (C=O) groups excluding carboxylic acids is 4. The van der Waals surface area contributed by atoms with Crippen molar-refractivity contribution in [2.24, 2.45) is 0 Å². The van der Waals surface area contributed by atoms with Gasteiger partial charge < -0.3 is 10.2 Å². The van der Waals surface area contributed by atoms with E-state index < -0.39 is 11.9 Å². The molecule has 1 atom stereocenters. The molecule has 1 saturated heterocycles. The molecular weight excluding hydrogens is 401 g/mol. The number of nitrogens with zero attached hydrogens (tertiary/aromatic N) is 1. The Morgan fingerprint density at radius 1 is 1.32 bits per heavy atom. The summed E-state index contributed by atoms with van der Waals surface area (Å²) in [6, 6.07) is 4.55. The molecule has 2 aliphatic rings.